The number of rotatable bonds is 9. The van der Waals surface area contributed by atoms with E-state index in [2.05, 4.69) is 32.8 Å². The van der Waals surface area contributed by atoms with Gasteiger partial charge in [-0.05, 0) is 31.5 Å². The van der Waals surface area contributed by atoms with Gasteiger partial charge in [0.15, 0.2) is 0 Å². The lowest BCUT2D eigenvalue weighted by atomic mass is 10.1. The number of aromatic nitrogens is 3. The van der Waals surface area contributed by atoms with E-state index in [0.29, 0.717) is 12.5 Å². The third-order valence-electron chi connectivity index (χ3n) is 4.33. The molecule has 0 saturated heterocycles. The standard InChI is InChI=1S/C21H26N4O/c1-17(15-25-11-10-24-18(25)2)12-23-14-20-7-3-4-8-21(20)26-16-19-6-5-9-22-13-19/h3-11,13,17,23H,12,14-16H2,1-2H3. The molecule has 3 aromatic rings. The van der Waals surface area contributed by atoms with Gasteiger partial charge >= 0.3 is 0 Å². The fraction of sp³-hybridized carbons (Fsp3) is 0.333. The normalized spacial score (nSPS) is 12.1. The van der Waals surface area contributed by atoms with Crippen molar-refractivity contribution >= 4 is 0 Å². The minimum atomic E-state index is 0.520. The van der Waals surface area contributed by atoms with Crippen molar-refractivity contribution in [2.45, 2.75) is 33.5 Å². The van der Waals surface area contributed by atoms with Gasteiger partial charge in [-0.2, -0.15) is 0 Å². The van der Waals surface area contributed by atoms with Crippen LogP contribution in [0.5, 0.6) is 5.75 Å². The molecule has 1 unspecified atom stereocenters. The van der Waals surface area contributed by atoms with Crippen LogP contribution in [0.1, 0.15) is 23.9 Å². The molecular weight excluding hydrogens is 324 g/mol. The Morgan fingerprint density at radius 1 is 1.15 bits per heavy atom. The van der Waals surface area contributed by atoms with Gasteiger partial charge in [0.1, 0.15) is 18.2 Å². The topological polar surface area (TPSA) is 52.0 Å². The molecule has 0 bridgehead atoms. The summed E-state index contributed by atoms with van der Waals surface area (Å²) in [5.41, 5.74) is 2.24. The SMILES string of the molecule is Cc1nccn1CC(C)CNCc1ccccc1OCc1cccnc1. The van der Waals surface area contributed by atoms with Crippen LogP contribution >= 0.6 is 0 Å². The summed E-state index contributed by atoms with van der Waals surface area (Å²) >= 11 is 0. The molecule has 3 rings (SSSR count). The number of imidazole rings is 1. The molecule has 1 aromatic carbocycles. The van der Waals surface area contributed by atoms with E-state index in [-0.39, 0.29) is 0 Å². The van der Waals surface area contributed by atoms with E-state index in [4.69, 9.17) is 4.74 Å². The Morgan fingerprint density at radius 3 is 2.81 bits per heavy atom. The van der Waals surface area contributed by atoms with Crippen LogP contribution in [0.3, 0.4) is 0 Å². The number of para-hydroxylation sites is 1. The molecule has 5 nitrogen and oxygen atoms in total. The lowest BCUT2D eigenvalue weighted by Crippen LogP contribution is -2.24. The van der Waals surface area contributed by atoms with Crippen molar-refractivity contribution in [2.24, 2.45) is 5.92 Å². The van der Waals surface area contributed by atoms with Gasteiger partial charge in [0, 0.05) is 49.0 Å². The summed E-state index contributed by atoms with van der Waals surface area (Å²) < 4.78 is 8.18. The van der Waals surface area contributed by atoms with E-state index < -0.39 is 0 Å². The Kier molecular flexibility index (Phi) is 6.39. The van der Waals surface area contributed by atoms with Crippen LogP contribution in [0.2, 0.25) is 0 Å². The third kappa shape index (κ3) is 5.17. The first-order chi connectivity index (χ1) is 12.7. The summed E-state index contributed by atoms with van der Waals surface area (Å²) in [6, 6.07) is 12.1. The minimum absolute atomic E-state index is 0.520. The molecule has 136 valence electrons. The van der Waals surface area contributed by atoms with Crippen molar-refractivity contribution in [1.82, 2.24) is 19.9 Å². The first kappa shape index (κ1) is 18.1. The molecule has 5 heteroatoms. The molecule has 0 saturated carbocycles. The molecule has 0 radical (unpaired) electrons. The number of pyridine rings is 1. The van der Waals surface area contributed by atoms with Crippen LogP contribution < -0.4 is 10.1 Å². The highest BCUT2D eigenvalue weighted by Gasteiger charge is 2.07. The third-order valence-corrected chi connectivity index (χ3v) is 4.33. The lowest BCUT2D eigenvalue weighted by Gasteiger charge is -2.16. The zero-order valence-corrected chi connectivity index (χ0v) is 15.4. The van der Waals surface area contributed by atoms with E-state index >= 15 is 0 Å². The summed E-state index contributed by atoms with van der Waals surface area (Å²) in [7, 11) is 0. The molecular formula is C21H26N4O. The number of hydrogen-bond donors (Lipinski definition) is 1. The van der Waals surface area contributed by atoms with Crippen LogP contribution in [0.4, 0.5) is 0 Å². The summed E-state index contributed by atoms with van der Waals surface area (Å²) in [4.78, 5) is 8.40. The van der Waals surface area contributed by atoms with Crippen molar-refractivity contribution in [2.75, 3.05) is 6.54 Å². The van der Waals surface area contributed by atoms with Gasteiger partial charge in [-0.15, -0.1) is 0 Å². The average Bonchev–Trinajstić information content (AvgIpc) is 3.06. The van der Waals surface area contributed by atoms with Crippen molar-refractivity contribution in [3.63, 3.8) is 0 Å². The quantitative estimate of drug-likeness (QED) is 0.641. The summed E-state index contributed by atoms with van der Waals surface area (Å²) in [5, 5.41) is 3.55. The van der Waals surface area contributed by atoms with E-state index in [9.17, 15) is 0 Å². The molecule has 2 aromatic heterocycles. The Morgan fingerprint density at radius 2 is 2.04 bits per heavy atom. The first-order valence-electron chi connectivity index (χ1n) is 9.00. The second-order valence-corrected chi connectivity index (χ2v) is 6.62. The fourth-order valence-electron chi connectivity index (χ4n) is 2.89. The number of aryl methyl sites for hydroxylation is 1. The van der Waals surface area contributed by atoms with Gasteiger partial charge in [-0.1, -0.05) is 31.2 Å². The number of nitrogens with one attached hydrogen (secondary N) is 1. The predicted octanol–water partition coefficient (Wildman–Crippen LogP) is 3.59. The smallest absolute Gasteiger partial charge is 0.124 e. The highest BCUT2D eigenvalue weighted by Crippen LogP contribution is 2.19. The maximum Gasteiger partial charge on any atom is 0.124 e. The van der Waals surface area contributed by atoms with Gasteiger partial charge in [-0.3, -0.25) is 4.98 Å². The van der Waals surface area contributed by atoms with Crippen LogP contribution in [0.25, 0.3) is 0 Å². The summed E-state index contributed by atoms with van der Waals surface area (Å²) in [5.74, 6) is 2.50. The zero-order chi connectivity index (χ0) is 18.2. The van der Waals surface area contributed by atoms with Gasteiger partial charge in [-0.25, -0.2) is 4.98 Å². The molecule has 0 fully saturated rings. The summed E-state index contributed by atoms with van der Waals surface area (Å²) in [6.45, 7) is 7.51. The maximum absolute atomic E-state index is 5.99. The number of benzene rings is 1. The molecule has 0 amide bonds. The number of ether oxygens (including phenoxy) is 1. The van der Waals surface area contributed by atoms with E-state index in [0.717, 1.165) is 36.8 Å². The predicted molar refractivity (Wildman–Crippen MR) is 103 cm³/mol. The van der Waals surface area contributed by atoms with E-state index in [1.54, 1.807) is 6.20 Å². The molecule has 0 aliphatic heterocycles. The van der Waals surface area contributed by atoms with Crippen molar-refractivity contribution in [1.29, 1.82) is 0 Å². The molecule has 26 heavy (non-hydrogen) atoms. The zero-order valence-electron chi connectivity index (χ0n) is 15.4. The average molecular weight is 350 g/mol. The second kappa shape index (κ2) is 9.15. The Bertz CT molecular complexity index is 801. The van der Waals surface area contributed by atoms with Gasteiger partial charge in [0.2, 0.25) is 0 Å². The molecule has 0 aliphatic carbocycles. The monoisotopic (exact) mass is 350 g/mol. The van der Waals surface area contributed by atoms with Crippen molar-refractivity contribution in [3.8, 4) is 5.75 Å². The number of nitrogens with zero attached hydrogens (tertiary/aromatic N) is 3. The largest absolute Gasteiger partial charge is 0.489 e. The van der Waals surface area contributed by atoms with Gasteiger partial charge in [0.25, 0.3) is 0 Å². The Hall–Kier alpha value is -2.66. The van der Waals surface area contributed by atoms with E-state index in [1.807, 2.05) is 55.8 Å². The fourth-order valence-corrected chi connectivity index (χ4v) is 2.89. The molecule has 1 N–H and O–H groups in total. The minimum Gasteiger partial charge on any atom is -0.489 e. The highest BCUT2D eigenvalue weighted by molar-refractivity contribution is 5.33. The number of hydrogen-bond acceptors (Lipinski definition) is 4. The molecule has 2 heterocycles. The molecule has 0 spiro atoms. The molecule has 1 atom stereocenters. The van der Waals surface area contributed by atoms with Crippen molar-refractivity contribution in [3.05, 3.63) is 78.1 Å². The molecule has 0 aliphatic rings. The van der Waals surface area contributed by atoms with Crippen LogP contribution in [0, 0.1) is 12.8 Å². The van der Waals surface area contributed by atoms with Crippen molar-refractivity contribution < 1.29 is 4.74 Å². The van der Waals surface area contributed by atoms with Gasteiger partial charge < -0.3 is 14.6 Å². The maximum atomic E-state index is 5.99. The second-order valence-electron chi connectivity index (χ2n) is 6.62. The summed E-state index contributed by atoms with van der Waals surface area (Å²) in [6.07, 6.45) is 7.49. The van der Waals surface area contributed by atoms with Crippen LogP contribution in [0.15, 0.2) is 61.2 Å². The lowest BCUT2D eigenvalue weighted by molar-refractivity contribution is 0.301. The highest BCUT2D eigenvalue weighted by atomic mass is 16.5. The van der Waals surface area contributed by atoms with Gasteiger partial charge in [0.05, 0.1) is 0 Å². The Balaban J connectivity index is 1.49. The first-order valence-corrected chi connectivity index (χ1v) is 9.00. The Labute approximate surface area is 155 Å². The van der Waals surface area contributed by atoms with Crippen LogP contribution in [-0.2, 0) is 19.7 Å². The van der Waals surface area contributed by atoms with Crippen LogP contribution in [-0.4, -0.2) is 21.1 Å². The van der Waals surface area contributed by atoms with E-state index in [1.165, 1.54) is 5.56 Å².